The molecule has 0 bridgehead atoms. The van der Waals surface area contributed by atoms with E-state index in [1.165, 1.54) is 95.7 Å². The van der Waals surface area contributed by atoms with Gasteiger partial charge in [-0.3, -0.25) is 0 Å². The summed E-state index contributed by atoms with van der Waals surface area (Å²) in [6, 6.07) is 6.65. The molecule has 22 heavy (non-hydrogen) atoms. The summed E-state index contributed by atoms with van der Waals surface area (Å²) in [5.74, 6) is 0. The van der Waals surface area contributed by atoms with Gasteiger partial charge in [-0.25, -0.2) is 4.57 Å². The lowest BCUT2D eigenvalue weighted by Crippen LogP contribution is -2.37. The van der Waals surface area contributed by atoms with Crippen molar-refractivity contribution in [2.24, 2.45) is 0 Å². The standard InChI is InChI=1S/C21H38N/c1-3-5-7-8-9-10-11-12-13-15-19-22-20-16-14-18-21(22)17-6-4-2/h14,16,18,20H,3-13,15,17,19H2,1-2H3/q+1. The Morgan fingerprint density at radius 1 is 0.682 bits per heavy atom. The van der Waals surface area contributed by atoms with Gasteiger partial charge < -0.3 is 0 Å². The summed E-state index contributed by atoms with van der Waals surface area (Å²) in [4.78, 5) is 0. The maximum Gasteiger partial charge on any atom is 0.181 e. The molecular weight excluding hydrogens is 266 g/mol. The normalized spacial score (nSPS) is 11.0. The van der Waals surface area contributed by atoms with Gasteiger partial charge in [0.2, 0.25) is 0 Å². The lowest BCUT2D eigenvalue weighted by molar-refractivity contribution is -0.704. The molecule has 0 radical (unpaired) electrons. The smallest absolute Gasteiger partial charge is 0.181 e. The van der Waals surface area contributed by atoms with Crippen molar-refractivity contribution in [1.82, 2.24) is 0 Å². The quantitative estimate of drug-likeness (QED) is 0.283. The third kappa shape index (κ3) is 9.23. The second-order valence-electron chi connectivity index (χ2n) is 6.67. The highest BCUT2D eigenvalue weighted by Gasteiger charge is 2.08. The first-order valence-corrected chi connectivity index (χ1v) is 9.85. The highest BCUT2D eigenvalue weighted by Crippen LogP contribution is 2.10. The molecule has 0 saturated heterocycles. The van der Waals surface area contributed by atoms with E-state index < -0.39 is 0 Å². The zero-order valence-electron chi connectivity index (χ0n) is 15.2. The number of aryl methyl sites for hydroxylation is 2. The van der Waals surface area contributed by atoms with Gasteiger partial charge in [0.05, 0.1) is 0 Å². The van der Waals surface area contributed by atoms with Gasteiger partial charge in [0.15, 0.2) is 11.9 Å². The third-order valence-corrected chi connectivity index (χ3v) is 4.57. The monoisotopic (exact) mass is 304 g/mol. The molecule has 0 unspecified atom stereocenters. The van der Waals surface area contributed by atoms with Gasteiger partial charge >= 0.3 is 0 Å². The van der Waals surface area contributed by atoms with E-state index in [1.807, 2.05) is 0 Å². The van der Waals surface area contributed by atoms with Gasteiger partial charge in [0.1, 0.15) is 6.54 Å². The number of unbranched alkanes of at least 4 members (excludes halogenated alkanes) is 10. The number of aromatic nitrogens is 1. The van der Waals surface area contributed by atoms with Crippen LogP contribution in [0, 0.1) is 0 Å². The summed E-state index contributed by atoms with van der Waals surface area (Å²) in [6.45, 7) is 5.77. The molecule has 0 amide bonds. The molecule has 0 aliphatic carbocycles. The minimum absolute atomic E-state index is 1.20. The largest absolute Gasteiger partial charge is 0.202 e. The highest BCUT2D eigenvalue weighted by atomic mass is 14.9. The molecule has 0 aliphatic heterocycles. The Balaban J connectivity index is 2.05. The third-order valence-electron chi connectivity index (χ3n) is 4.57. The number of hydrogen-bond donors (Lipinski definition) is 0. The summed E-state index contributed by atoms with van der Waals surface area (Å²) in [5.41, 5.74) is 1.51. The number of pyridine rings is 1. The number of hydrogen-bond acceptors (Lipinski definition) is 0. The lowest BCUT2D eigenvalue weighted by atomic mass is 10.1. The molecule has 0 saturated carbocycles. The van der Waals surface area contributed by atoms with E-state index in [1.54, 1.807) is 0 Å². The Morgan fingerprint density at radius 2 is 1.27 bits per heavy atom. The topological polar surface area (TPSA) is 3.88 Å². The van der Waals surface area contributed by atoms with Crippen molar-refractivity contribution in [2.45, 2.75) is 104 Å². The van der Waals surface area contributed by atoms with Gasteiger partial charge in [0, 0.05) is 25.0 Å². The first-order chi connectivity index (χ1) is 10.9. The maximum absolute atomic E-state index is 2.47. The molecule has 0 aromatic carbocycles. The molecule has 0 fully saturated rings. The molecule has 1 aromatic rings. The first kappa shape index (κ1) is 19.2. The molecular formula is C21H38N+. The van der Waals surface area contributed by atoms with E-state index in [9.17, 15) is 0 Å². The van der Waals surface area contributed by atoms with Crippen molar-refractivity contribution in [3.8, 4) is 0 Å². The highest BCUT2D eigenvalue weighted by molar-refractivity contribution is 4.97. The Hall–Kier alpha value is -0.850. The van der Waals surface area contributed by atoms with E-state index in [0.29, 0.717) is 0 Å². The minimum atomic E-state index is 1.20. The molecule has 0 aliphatic rings. The van der Waals surface area contributed by atoms with Crippen LogP contribution in [0.4, 0.5) is 0 Å². The molecule has 1 heterocycles. The average molecular weight is 305 g/mol. The molecule has 1 nitrogen and oxygen atoms in total. The summed E-state index contributed by atoms with van der Waals surface area (Å²) in [7, 11) is 0. The van der Waals surface area contributed by atoms with Gasteiger partial charge in [-0.2, -0.15) is 0 Å². The van der Waals surface area contributed by atoms with Crippen molar-refractivity contribution in [3.63, 3.8) is 0 Å². The Bertz CT molecular complexity index is 359. The molecule has 1 heteroatoms. The van der Waals surface area contributed by atoms with E-state index in [4.69, 9.17) is 0 Å². The fourth-order valence-electron chi connectivity index (χ4n) is 3.08. The van der Waals surface area contributed by atoms with E-state index in [2.05, 4.69) is 42.8 Å². The van der Waals surface area contributed by atoms with Crippen LogP contribution < -0.4 is 4.57 Å². The van der Waals surface area contributed by atoms with Crippen molar-refractivity contribution in [3.05, 3.63) is 30.1 Å². The fraction of sp³-hybridized carbons (Fsp3) is 0.762. The maximum atomic E-state index is 2.47. The van der Waals surface area contributed by atoms with Crippen LogP contribution in [0.1, 0.15) is 96.6 Å². The second-order valence-corrected chi connectivity index (χ2v) is 6.67. The lowest BCUT2D eigenvalue weighted by Gasteiger charge is -2.04. The van der Waals surface area contributed by atoms with Gasteiger partial charge in [0.25, 0.3) is 0 Å². The van der Waals surface area contributed by atoms with Crippen molar-refractivity contribution >= 4 is 0 Å². The molecule has 126 valence electrons. The SMILES string of the molecule is CCCCCCCCCCCC[n+]1ccccc1CCCC. The molecule has 0 atom stereocenters. The van der Waals surface area contributed by atoms with Crippen LogP contribution in [0.2, 0.25) is 0 Å². The van der Waals surface area contributed by atoms with Crippen LogP contribution in [0.15, 0.2) is 24.4 Å². The zero-order chi connectivity index (χ0) is 15.9. The van der Waals surface area contributed by atoms with E-state index >= 15 is 0 Å². The predicted octanol–water partition coefficient (Wildman–Crippen LogP) is 6.24. The second kappa shape index (κ2) is 13.8. The number of rotatable bonds is 14. The summed E-state index contributed by atoms with van der Waals surface area (Å²) in [5, 5.41) is 0. The van der Waals surface area contributed by atoms with Crippen LogP contribution in [-0.2, 0) is 13.0 Å². The van der Waals surface area contributed by atoms with E-state index in [0.717, 1.165) is 0 Å². The van der Waals surface area contributed by atoms with Crippen LogP contribution in [-0.4, -0.2) is 0 Å². The Kier molecular flexibility index (Phi) is 12.0. The van der Waals surface area contributed by atoms with E-state index in [-0.39, 0.29) is 0 Å². The Labute approximate surface area is 139 Å². The molecule has 0 spiro atoms. The summed E-state index contributed by atoms with van der Waals surface area (Å²) < 4.78 is 2.47. The van der Waals surface area contributed by atoms with Gasteiger partial charge in [-0.05, 0) is 12.8 Å². The number of nitrogens with zero attached hydrogens (tertiary/aromatic N) is 1. The zero-order valence-corrected chi connectivity index (χ0v) is 15.2. The summed E-state index contributed by atoms with van der Waals surface area (Å²) >= 11 is 0. The average Bonchev–Trinajstić information content (AvgIpc) is 2.55. The van der Waals surface area contributed by atoms with Crippen LogP contribution in [0.5, 0.6) is 0 Å². The predicted molar refractivity (Wildman–Crippen MR) is 97.1 cm³/mol. The summed E-state index contributed by atoms with van der Waals surface area (Å²) in [6.07, 6.45) is 20.3. The van der Waals surface area contributed by atoms with Crippen LogP contribution in [0.25, 0.3) is 0 Å². The van der Waals surface area contributed by atoms with Crippen molar-refractivity contribution < 1.29 is 4.57 Å². The molecule has 0 N–H and O–H groups in total. The molecule has 1 rings (SSSR count). The van der Waals surface area contributed by atoms with Crippen LogP contribution in [0.3, 0.4) is 0 Å². The fourth-order valence-corrected chi connectivity index (χ4v) is 3.08. The van der Waals surface area contributed by atoms with Crippen molar-refractivity contribution in [1.29, 1.82) is 0 Å². The Morgan fingerprint density at radius 3 is 1.91 bits per heavy atom. The van der Waals surface area contributed by atoms with Gasteiger partial charge in [-0.15, -0.1) is 0 Å². The first-order valence-electron chi connectivity index (χ1n) is 9.85. The molecule has 1 aromatic heterocycles. The minimum Gasteiger partial charge on any atom is -0.202 e. The van der Waals surface area contributed by atoms with Crippen molar-refractivity contribution in [2.75, 3.05) is 0 Å². The van der Waals surface area contributed by atoms with Crippen LogP contribution >= 0.6 is 0 Å². The van der Waals surface area contributed by atoms with Gasteiger partial charge in [-0.1, -0.05) is 77.7 Å².